The van der Waals surface area contributed by atoms with Gasteiger partial charge in [0, 0.05) is 6.92 Å². The first-order chi connectivity index (χ1) is 6.40. The van der Waals surface area contributed by atoms with E-state index in [9.17, 15) is 14.7 Å². The van der Waals surface area contributed by atoms with E-state index in [1.807, 2.05) is 0 Å². The molecule has 0 saturated carbocycles. The third kappa shape index (κ3) is 2.54. The van der Waals surface area contributed by atoms with Crippen molar-refractivity contribution >= 4 is 11.9 Å². The van der Waals surface area contributed by atoms with E-state index in [4.69, 9.17) is 0 Å². The smallest absolute Gasteiger partial charge is 0.322 e. The van der Waals surface area contributed by atoms with Gasteiger partial charge in [-0.1, -0.05) is 13.8 Å². The van der Waals surface area contributed by atoms with Gasteiger partial charge in [-0.3, -0.25) is 9.59 Å². The van der Waals surface area contributed by atoms with Crippen molar-refractivity contribution in [1.82, 2.24) is 0 Å². The molecule has 1 unspecified atom stereocenters. The van der Waals surface area contributed by atoms with Gasteiger partial charge >= 0.3 is 11.9 Å². The molecule has 1 atom stereocenters. The first kappa shape index (κ1) is 13.1. The molecule has 4 nitrogen and oxygen atoms in total. The molecule has 1 N–H and O–H groups in total. The SMILES string of the molecule is CCC(CC)(C(=O)OC(C)=O)C(C)O. The molecule has 14 heavy (non-hydrogen) atoms. The van der Waals surface area contributed by atoms with Crippen molar-refractivity contribution in [3.8, 4) is 0 Å². The highest BCUT2D eigenvalue weighted by Crippen LogP contribution is 2.32. The van der Waals surface area contributed by atoms with Crippen molar-refractivity contribution in [3.05, 3.63) is 0 Å². The average molecular weight is 202 g/mol. The van der Waals surface area contributed by atoms with Gasteiger partial charge in [0.05, 0.1) is 11.5 Å². The zero-order valence-corrected chi connectivity index (χ0v) is 9.16. The maximum Gasteiger partial charge on any atom is 0.322 e. The third-order valence-electron chi connectivity index (χ3n) is 2.70. The van der Waals surface area contributed by atoms with Crippen LogP contribution in [0.1, 0.15) is 40.5 Å². The number of hydrogen-bond acceptors (Lipinski definition) is 4. The summed E-state index contributed by atoms with van der Waals surface area (Å²) in [6.07, 6.45) is 0.0879. The number of rotatable bonds is 4. The molecule has 82 valence electrons. The number of carbonyl (C=O) groups excluding carboxylic acids is 2. The van der Waals surface area contributed by atoms with Gasteiger partial charge in [0.25, 0.3) is 0 Å². The summed E-state index contributed by atoms with van der Waals surface area (Å²) < 4.78 is 4.52. The van der Waals surface area contributed by atoms with Gasteiger partial charge in [0.1, 0.15) is 0 Å². The Morgan fingerprint density at radius 3 is 2.00 bits per heavy atom. The van der Waals surface area contributed by atoms with E-state index in [2.05, 4.69) is 4.74 Å². The zero-order valence-electron chi connectivity index (χ0n) is 9.16. The van der Waals surface area contributed by atoms with Crippen molar-refractivity contribution in [1.29, 1.82) is 0 Å². The van der Waals surface area contributed by atoms with E-state index in [1.54, 1.807) is 13.8 Å². The molecule has 0 aromatic rings. The Morgan fingerprint density at radius 2 is 1.79 bits per heavy atom. The summed E-state index contributed by atoms with van der Waals surface area (Å²) in [6, 6.07) is 0. The number of esters is 2. The molecule has 0 aliphatic heterocycles. The second-order valence-electron chi connectivity index (χ2n) is 3.42. The van der Waals surface area contributed by atoms with Gasteiger partial charge in [0.2, 0.25) is 0 Å². The molecule has 0 heterocycles. The van der Waals surface area contributed by atoms with Gasteiger partial charge in [-0.15, -0.1) is 0 Å². The predicted octanol–water partition coefficient (Wildman–Crippen LogP) is 1.26. The van der Waals surface area contributed by atoms with Crippen LogP contribution in [0.5, 0.6) is 0 Å². The lowest BCUT2D eigenvalue weighted by molar-refractivity contribution is -0.171. The topological polar surface area (TPSA) is 63.6 Å². The molecule has 4 heteroatoms. The van der Waals surface area contributed by atoms with E-state index in [0.717, 1.165) is 0 Å². The summed E-state index contributed by atoms with van der Waals surface area (Å²) >= 11 is 0. The van der Waals surface area contributed by atoms with Crippen LogP contribution in [-0.4, -0.2) is 23.1 Å². The summed E-state index contributed by atoms with van der Waals surface area (Å²) in [4.78, 5) is 22.2. The molecular formula is C10H18O4. The Hall–Kier alpha value is -0.900. The van der Waals surface area contributed by atoms with Gasteiger partial charge in [0.15, 0.2) is 0 Å². The Bertz CT molecular complexity index is 216. The molecule has 0 aliphatic carbocycles. The highest BCUT2D eigenvalue weighted by molar-refractivity contribution is 5.88. The second-order valence-corrected chi connectivity index (χ2v) is 3.42. The lowest BCUT2D eigenvalue weighted by Gasteiger charge is -2.31. The number of hydrogen-bond donors (Lipinski definition) is 1. The molecule has 0 spiro atoms. The van der Waals surface area contributed by atoms with Crippen LogP contribution in [0.25, 0.3) is 0 Å². The number of ether oxygens (including phenoxy) is 1. The fourth-order valence-corrected chi connectivity index (χ4v) is 1.53. The van der Waals surface area contributed by atoms with Crippen molar-refractivity contribution in [2.24, 2.45) is 5.41 Å². The molecule has 0 radical (unpaired) electrons. The van der Waals surface area contributed by atoms with E-state index < -0.39 is 23.5 Å². The first-order valence-electron chi connectivity index (χ1n) is 4.81. The third-order valence-corrected chi connectivity index (χ3v) is 2.70. The summed E-state index contributed by atoms with van der Waals surface area (Å²) in [5.41, 5.74) is -0.953. The average Bonchev–Trinajstić information content (AvgIpc) is 2.05. The minimum Gasteiger partial charge on any atom is -0.393 e. The van der Waals surface area contributed by atoms with Gasteiger partial charge in [-0.2, -0.15) is 0 Å². The molecule has 0 bridgehead atoms. The summed E-state index contributed by atoms with van der Waals surface area (Å²) in [6.45, 7) is 6.29. The fourth-order valence-electron chi connectivity index (χ4n) is 1.53. The molecule has 0 amide bonds. The quantitative estimate of drug-likeness (QED) is 0.550. The number of aliphatic hydroxyl groups excluding tert-OH is 1. The molecule has 0 fully saturated rings. The molecular weight excluding hydrogens is 184 g/mol. The van der Waals surface area contributed by atoms with Crippen LogP contribution in [-0.2, 0) is 14.3 Å². The summed E-state index contributed by atoms with van der Waals surface area (Å²) in [5.74, 6) is -1.27. The van der Waals surface area contributed by atoms with Crippen LogP contribution in [0, 0.1) is 5.41 Å². The van der Waals surface area contributed by atoms with E-state index >= 15 is 0 Å². The maximum absolute atomic E-state index is 11.6. The van der Waals surface area contributed by atoms with Crippen LogP contribution in [0.4, 0.5) is 0 Å². The fraction of sp³-hybridized carbons (Fsp3) is 0.800. The highest BCUT2D eigenvalue weighted by atomic mass is 16.6. The summed E-state index contributed by atoms with van der Waals surface area (Å²) in [7, 11) is 0. The monoisotopic (exact) mass is 202 g/mol. The Labute approximate surface area is 84.3 Å². The van der Waals surface area contributed by atoms with Gasteiger partial charge in [-0.05, 0) is 19.8 Å². The molecule has 0 rings (SSSR count). The Morgan fingerprint density at radius 1 is 1.36 bits per heavy atom. The van der Waals surface area contributed by atoms with Crippen LogP contribution in [0.2, 0.25) is 0 Å². The minimum absolute atomic E-state index is 0.452. The van der Waals surface area contributed by atoms with Crippen molar-refractivity contribution in [2.75, 3.05) is 0 Å². The van der Waals surface area contributed by atoms with Crippen molar-refractivity contribution in [3.63, 3.8) is 0 Å². The first-order valence-corrected chi connectivity index (χ1v) is 4.81. The van der Waals surface area contributed by atoms with Crippen LogP contribution in [0.3, 0.4) is 0 Å². The normalized spacial score (nSPS) is 13.5. The molecule has 0 aromatic heterocycles. The maximum atomic E-state index is 11.6. The van der Waals surface area contributed by atoms with E-state index in [-0.39, 0.29) is 0 Å². The Kier molecular flexibility index (Phi) is 4.77. The number of aliphatic hydroxyl groups is 1. The van der Waals surface area contributed by atoms with Gasteiger partial charge < -0.3 is 9.84 Å². The predicted molar refractivity (Wildman–Crippen MR) is 51.5 cm³/mol. The Balaban J connectivity index is 4.80. The van der Waals surface area contributed by atoms with E-state index in [0.29, 0.717) is 12.8 Å². The largest absolute Gasteiger partial charge is 0.393 e. The highest BCUT2D eigenvalue weighted by Gasteiger charge is 2.41. The molecule has 0 saturated heterocycles. The summed E-state index contributed by atoms with van der Waals surface area (Å²) in [5, 5.41) is 9.53. The lowest BCUT2D eigenvalue weighted by atomic mass is 9.78. The lowest BCUT2D eigenvalue weighted by Crippen LogP contribution is -2.41. The van der Waals surface area contributed by atoms with Crippen LogP contribution >= 0.6 is 0 Å². The number of carbonyl (C=O) groups is 2. The van der Waals surface area contributed by atoms with Crippen molar-refractivity contribution in [2.45, 2.75) is 46.6 Å². The van der Waals surface area contributed by atoms with Gasteiger partial charge in [-0.25, -0.2) is 0 Å². The van der Waals surface area contributed by atoms with Crippen LogP contribution in [0.15, 0.2) is 0 Å². The van der Waals surface area contributed by atoms with Crippen molar-refractivity contribution < 1.29 is 19.4 Å². The van der Waals surface area contributed by atoms with Crippen LogP contribution < -0.4 is 0 Å². The van der Waals surface area contributed by atoms with E-state index in [1.165, 1.54) is 13.8 Å². The zero-order chi connectivity index (χ0) is 11.4. The standard InChI is InChI=1S/C10H18O4/c1-5-10(6-2,7(3)11)9(13)14-8(4)12/h7,11H,5-6H2,1-4H3. The molecule has 0 aromatic carbocycles. The second kappa shape index (κ2) is 5.10. The minimum atomic E-state index is -0.953. The molecule has 0 aliphatic rings.